The van der Waals surface area contributed by atoms with E-state index in [4.69, 9.17) is 0 Å². The van der Waals surface area contributed by atoms with Gasteiger partial charge in [-0.2, -0.15) is 0 Å². The highest BCUT2D eigenvalue weighted by molar-refractivity contribution is 5.73. The van der Waals surface area contributed by atoms with Crippen molar-refractivity contribution < 1.29 is 9.90 Å². The molecule has 0 bridgehead atoms. The molecule has 2 heteroatoms. The Kier molecular flexibility index (Phi) is 3.40. The van der Waals surface area contributed by atoms with E-state index in [9.17, 15) is 9.90 Å². The molecule has 59 valence electrons. The van der Waals surface area contributed by atoms with Crippen LogP contribution in [-0.2, 0) is 9.90 Å². The van der Waals surface area contributed by atoms with Gasteiger partial charge in [0.15, 0.2) is 0 Å². The third kappa shape index (κ3) is 2.85. The molecule has 0 aromatic heterocycles. The van der Waals surface area contributed by atoms with Crippen LogP contribution in [0.1, 0.15) is 40.0 Å². The molecule has 0 heterocycles. The van der Waals surface area contributed by atoms with E-state index in [1.165, 1.54) is 0 Å². The lowest BCUT2D eigenvalue weighted by atomic mass is 9.88. The zero-order valence-electron chi connectivity index (χ0n) is 6.94. The van der Waals surface area contributed by atoms with Crippen molar-refractivity contribution >= 4 is 5.97 Å². The molecule has 0 rings (SSSR count). The molecule has 0 aliphatic rings. The molecular weight excluding hydrogens is 128 g/mol. The Morgan fingerprint density at radius 3 is 2.20 bits per heavy atom. The van der Waals surface area contributed by atoms with E-state index in [2.05, 4.69) is 0 Å². The van der Waals surface area contributed by atoms with E-state index in [1.54, 1.807) is 13.8 Å². The second kappa shape index (κ2) is 3.59. The lowest BCUT2D eigenvalue weighted by Crippen LogP contribution is -2.22. The first-order valence-corrected chi connectivity index (χ1v) is 3.72. The Morgan fingerprint density at radius 2 is 1.90 bits per heavy atom. The first-order valence-electron chi connectivity index (χ1n) is 3.72. The largest absolute Gasteiger partial charge is 0.361 e. The standard InChI is InChI=1S/C8H15O2/c1-4-5-6-8(2,3)7(9)10/h4-6H2,1-3H3. The average molecular weight is 143 g/mol. The van der Waals surface area contributed by atoms with E-state index in [-0.39, 0.29) is 0 Å². The summed E-state index contributed by atoms with van der Waals surface area (Å²) in [4.78, 5) is 10.4. The molecule has 1 radical (unpaired) electrons. The topological polar surface area (TPSA) is 37.0 Å². The van der Waals surface area contributed by atoms with Crippen LogP contribution in [0.4, 0.5) is 0 Å². The summed E-state index contributed by atoms with van der Waals surface area (Å²) in [5.41, 5.74) is -0.643. The van der Waals surface area contributed by atoms with Crippen LogP contribution in [0.2, 0.25) is 0 Å². The van der Waals surface area contributed by atoms with Gasteiger partial charge in [0, 0.05) is 0 Å². The maximum atomic E-state index is 10.4. The predicted molar refractivity (Wildman–Crippen MR) is 39.0 cm³/mol. The minimum atomic E-state index is -0.944. The highest BCUT2D eigenvalue weighted by atomic mass is 16.4. The van der Waals surface area contributed by atoms with Crippen molar-refractivity contribution in [3.05, 3.63) is 0 Å². The highest BCUT2D eigenvalue weighted by Gasteiger charge is 2.27. The lowest BCUT2D eigenvalue weighted by molar-refractivity contribution is -0.153. The van der Waals surface area contributed by atoms with Gasteiger partial charge in [-0.3, -0.25) is 0 Å². The van der Waals surface area contributed by atoms with E-state index in [1.807, 2.05) is 6.92 Å². The Bertz CT molecular complexity index is 116. The molecule has 0 unspecified atom stereocenters. The molecule has 0 aromatic rings. The molecule has 0 atom stereocenters. The average Bonchev–Trinajstić information content (AvgIpc) is 1.84. The highest BCUT2D eigenvalue weighted by Crippen LogP contribution is 2.23. The maximum absolute atomic E-state index is 10.4. The van der Waals surface area contributed by atoms with Crippen LogP contribution in [0, 0.1) is 5.41 Å². The number of unbranched alkanes of at least 4 members (excludes halogenated alkanes) is 1. The van der Waals surface area contributed by atoms with Gasteiger partial charge in [-0.05, 0) is 20.3 Å². The molecule has 10 heavy (non-hydrogen) atoms. The second-order valence-corrected chi connectivity index (χ2v) is 3.27. The Balaban J connectivity index is 3.75. The summed E-state index contributed by atoms with van der Waals surface area (Å²) in [6.45, 7) is 5.46. The van der Waals surface area contributed by atoms with Crippen molar-refractivity contribution in [1.29, 1.82) is 0 Å². The molecule has 0 saturated carbocycles. The molecule has 0 fully saturated rings. The zero-order valence-corrected chi connectivity index (χ0v) is 6.94. The fourth-order valence-electron chi connectivity index (χ4n) is 0.721. The SMILES string of the molecule is CCCCC(C)(C)C([O])=O. The van der Waals surface area contributed by atoms with Crippen molar-refractivity contribution in [3.8, 4) is 0 Å². The third-order valence-corrected chi connectivity index (χ3v) is 1.71. The summed E-state index contributed by atoms with van der Waals surface area (Å²) in [6, 6.07) is 0. The quantitative estimate of drug-likeness (QED) is 0.594. The monoisotopic (exact) mass is 143 g/mol. The van der Waals surface area contributed by atoms with Gasteiger partial charge in [0.2, 0.25) is 0 Å². The van der Waals surface area contributed by atoms with Crippen LogP contribution < -0.4 is 0 Å². The van der Waals surface area contributed by atoms with Gasteiger partial charge in [-0.1, -0.05) is 19.8 Å². The van der Waals surface area contributed by atoms with Crippen LogP contribution in [0.5, 0.6) is 0 Å². The van der Waals surface area contributed by atoms with Gasteiger partial charge >= 0.3 is 5.97 Å². The summed E-state index contributed by atoms with van der Waals surface area (Å²) in [6.07, 6.45) is 2.71. The van der Waals surface area contributed by atoms with Gasteiger partial charge in [0.25, 0.3) is 0 Å². The van der Waals surface area contributed by atoms with Crippen LogP contribution in [0.25, 0.3) is 0 Å². The summed E-state index contributed by atoms with van der Waals surface area (Å²) < 4.78 is 0. The molecule has 2 nitrogen and oxygen atoms in total. The second-order valence-electron chi connectivity index (χ2n) is 3.27. The molecule has 0 saturated heterocycles. The summed E-state index contributed by atoms with van der Waals surface area (Å²) in [5.74, 6) is -0.944. The Labute approximate surface area is 62.2 Å². The molecule has 0 N–H and O–H groups in total. The predicted octanol–water partition coefficient (Wildman–Crippen LogP) is 2.16. The fourth-order valence-corrected chi connectivity index (χ4v) is 0.721. The Hall–Kier alpha value is -0.530. The molecule has 0 aliphatic heterocycles. The van der Waals surface area contributed by atoms with E-state index < -0.39 is 11.4 Å². The Morgan fingerprint density at radius 1 is 1.40 bits per heavy atom. The molecular formula is C8H15O2. The van der Waals surface area contributed by atoms with Crippen LogP contribution in [-0.4, -0.2) is 5.97 Å². The van der Waals surface area contributed by atoms with Crippen molar-refractivity contribution in [2.75, 3.05) is 0 Å². The van der Waals surface area contributed by atoms with Crippen molar-refractivity contribution in [2.24, 2.45) is 5.41 Å². The minimum absolute atomic E-state index is 0.643. The summed E-state index contributed by atoms with van der Waals surface area (Å²) >= 11 is 0. The van der Waals surface area contributed by atoms with Gasteiger partial charge in [-0.15, -0.1) is 0 Å². The number of rotatable bonds is 4. The smallest absolute Gasteiger partial charge is 0.247 e. The number of hydrogen-bond acceptors (Lipinski definition) is 1. The van der Waals surface area contributed by atoms with E-state index in [0.29, 0.717) is 6.42 Å². The zero-order chi connectivity index (χ0) is 8.20. The van der Waals surface area contributed by atoms with Gasteiger partial charge in [0.05, 0.1) is 5.41 Å². The maximum Gasteiger partial charge on any atom is 0.361 e. The van der Waals surface area contributed by atoms with E-state index >= 15 is 0 Å². The minimum Gasteiger partial charge on any atom is -0.247 e. The van der Waals surface area contributed by atoms with Crippen LogP contribution >= 0.6 is 0 Å². The van der Waals surface area contributed by atoms with Gasteiger partial charge in [-0.25, -0.2) is 9.90 Å². The first-order chi connectivity index (χ1) is 4.50. The fraction of sp³-hybridized carbons (Fsp3) is 0.875. The van der Waals surface area contributed by atoms with Gasteiger partial charge < -0.3 is 0 Å². The normalized spacial score (nSPS) is 11.5. The van der Waals surface area contributed by atoms with Gasteiger partial charge in [0.1, 0.15) is 0 Å². The van der Waals surface area contributed by atoms with Crippen molar-refractivity contribution in [2.45, 2.75) is 40.0 Å². The van der Waals surface area contributed by atoms with Crippen molar-refractivity contribution in [3.63, 3.8) is 0 Å². The molecule has 0 aromatic carbocycles. The number of carbonyl (C=O) groups excluding carboxylic acids is 1. The van der Waals surface area contributed by atoms with Crippen LogP contribution in [0.15, 0.2) is 0 Å². The van der Waals surface area contributed by atoms with Crippen molar-refractivity contribution in [1.82, 2.24) is 0 Å². The molecule has 0 aliphatic carbocycles. The summed E-state index contributed by atoms with van der Waals surface area (Å²) in [7, 11) is 0. The third-order valence-electron chi connectivity index (χ3n) is 1.71. The molecule has 0 amide bonds. The van der Waals surface area contributed by atoms with Crippen LogP contribution in [0.3, 0.4) is 0 Å². The molecule has 0 spiro atoms. The lowest BCUT2D eigenvalue weighted by Gasteiger charge is -2.15. The number of hydrogen-bond donors (Lipinski definition) is 0. The number of carbonyl (C=O) groups is 1. The van der Waals surface area contributed by atoms with E-state index in [0.717, 1.165) is 12.8 Å². The first kappa shape index (κ1) is 9.47. The summed E-state index contributed by atoms with van der Waals surface area (Å²) in [5, 5.41) is 10.4.